The van der Waals surface area contributed by atoms with Gasteiger partial charge in [0.2, 0.25) is 0 Å². The SMILES string of the molecule is CNC1CCN(C(=O)C(C)(C)OC)C1. The average molecular weight is 200 g/mol. The Hall–Kier alpha value is -0.610. The second-order valence-corrected chi connectivity index (χ2v) is 4.24. The molecule has 0 spiro atoms. The van der Waals surface area contributed by atoms with Gasteiger partial charge in [0.05, 0.1) is 0 Å². The number of carbonyl (C=O) groups excluding carboxylic acids is 1. The van der Waals surface area contributed by atoms with Crippen LogP contribution in [0.5, 0.6) is 0 Å². The highest BCUT2D eigenvalue weighted by Gasteiger charge is 2.35. The predicted molar refractivity (Wildman–Crippen MR) is 55.1 cm³/mol. The van der Waals surface area contributed by atoms with Gasteiger partial charge in [-0.05, 0) is 27.3 Å². The van der Waals surface area contributed by atoms with Gasteiger partial charge in [-0.3, -0.25) is 4.79 Å². The van der Waals surface area contributed by atoms with Gasteiger partial charge in [-0.15, -0.1) is 0 Å². The van der Waals surface area contributed by atoms with Gasteiger partial charge in [0, 0.05) is 26.2 Å². The molecule has 4 nitrogen and oxygen atoms in total. The Balaban J connectivity index is 2.55. The maximum atomic E-state index is 11.9. The van der Waals surface area contributed by atoms with Gasteiger partial charge in [-0.25, -0.2) is 0 Å². The first-order valence-electron chi connectivity index (χ1n) is 5.03. The van der Waals surface area contributed by atoms with Crippen molar-refractivity contribution in [1.29, 1.82) is 0 Å². The number of likely N-dealkylation sites (N-methyl/N-ethyl adjacent to an activating group) is 1. The molecule has 0 aromatic carbocycles. The third kappa shape index (κ3) is 2.25. The van der Waals surface area contributed by atoms with Crippen molar-refractivity contribution < 1.29 is 9.53 Å². The van der Waals surface area contributed by atoms with Gasteiger partial charge < -0.3 is 15.0 Å². The van der Waals surface area contributed by atoms with Crippen LogP contribution in [0.1, 0.15) is 20.3 Å². The Labute approximate surface area is 85.6 Å². The molecule has 0 aromatic rings. The van der Waals surface area contributed by atoms with Gasteiger partial charge in [-0.2, -0.15) is 0 Å². The van der Waals surface area contributed by atoms with Crippen LogP contribution in [0.2, 0.25) is 0 Å². The average Bonchev–Trinajstić information content (AvgIpc) is 2.64. The van der Waals surface area contributed by atoms with E-state index in [4.69, 9.17) is 4.74 Å². The predicted octanol–water partition coefficient (Wildman–Crippen LogP) is 0.232. The number of ether oxygens (including phenoxy) is 1. The van der Waals surface area contributed by atoms with Crippen LogP contribution in [0.25, 0.3) is 0 Å². The highest BCUT2D eigenvalue weighted by molar-refractivity contribution is 5.84. The summed E-state index contributed by atoms with van der Waals surface area (Å²) in [4.78, 5) is 13.8. The zero-order valence-electron chi connectivity index (χ0n) is 9.46. The van der Waals surface area contributed by atoms with Crippen molar-refractivity contribution in [2.45, 2.75) is 31.9 Å². The first-order valence-corrected chi connectivity index (χ1v) is 5.03. The lowest BCUT2D eigenvalue weighted by molar-refractivity contribution is -0.149. The van der Waals surface area contributed by atoms with Crippen LogP contribution in [0.15, 0.2) is 0 Å². The quantitative estimate of drug-likeness (QED) is 0.709. The summed E-state index contributed by atoms with van der Waals surface area (Å²) in [7, 11) is 3.50. The van der Waals surface area contributed by atoms with Gasteiger partial charge in [0.15, 0.2) is 0 Å². The summed E-state index contributed by atoms with van der Waals surface area (Å²) in [5.41, 5.74) is -0.692. The van der Waals surface area contributed by atoms with E-state index in [9.17, 15) is 4.79 Å². The lowest BCUT2D eigenvalue weighted by Crippen LogP contribution is -2.46. The molecule has 1 saturated heterocycles. The number of hydrogen-bond donors (Lipinski definition) is 1. The molecule has 1 aliphatic rings. The fourth-order valence-corrected chi connectivity index (χ4v) is 1.65. The van der Waals surface area contributed by atoms with Gasteiger partial charge in [0.25, 0.3) is 5.91 Å². The van der Waals surface area contributed by atoms with E-state index in [0.717, 1.165) is 19.5 Å². The summed E-state index contributed by atoms with van der Waals surface area (Å²) in [5.74, 6) is 0.0813. The highest BCUT2D eigenvalue weighted by atomic mass is 16.5. The molecule has 1 unspecified atom stereocenters. The summed E-state index contributed by atoms with van der Waals surface area (Å²) in [6.45, 7) is 5.24. The standard InChI is InChI=1S/C10H20N2O2/c1-10(2,14-4)9(13)12-6-5-8(7-12)11-3/h8,11H,5-7H2,1-4H3. The topological polar surface area (TPSA) is 41.6 Å². The van der Waals surface area contributed by atoms with E-state index in [-0.39, 0.29) is 5.91 Å². The zero-order valence-corrected chi connectivity index (χ0v) is 9.46. The number of nitrogens with zero attached hydrogens (tertiary/aromatic N) is 1. The van der Waals surface area contributed by atoms with Crippen LogP contribution in [0.4, 0.5) is 0 Å². The molecule has 4 heteroatoms. The van der Waals surface area contributed by atoms with Gasteiger partial charge in [0.1, 0.15) is 5.60 Å². The molecule has 82 valence electrons. The second-order valence-electron chi connectivity index (χ2n) is 4.24. The molecule has 1 rings (SSSR count). The normalized spacial score (nSPS) is 22.9. The third-order valence-electron chi connectivity index (χ3n) is 2.91. The minimum atomic E-state index is -0.692. The van der Waals surface area contributed by atoms with Crippen molar-refractivity contribution in [2.75, 3.05) is 27.2 Å². The van der Waals surface area contributed by atoms with Crippen molar-refractivity contribution in [3.8, 4) is 0 Å². The molecule has 0 saturated carbocycles. The summed E-state index contributed by atoms with van der Waals surface area (Å²) in [5, 5.41) is 3.18. The smallest absolute Gasteiger partial charge is 0.254 e. The van der Waals surface area contributed by atoms with Crippen LogP contribution < -0.4 is 5.32 Å². The van der Waals surface area contributed by atoms with Crippen molar-refractivity contribution in [3.05, 3.63) is 0 Å². The number of likely N-dealkylation sites (tertiary alicyclic amines) is 1. The molecule has 0 aromatic heterocycles. The van der Waals surface area contributed by atoms with E-state index in [1.807, 2.05) is 25.8 Å². The van der Waals surface area contributed by atoms with Crippen molar-refractivity contribution >= 4 is 5.91 Å². The van der Waals surface area contributed by atoms with Crippen LogP contribution in [-0.4, -0.2) is 49.7 Å². The maximum Gasteiger partial charge on any atom is 0.254 e. The van der Waals surface area contributed by atoms with Crippen LogP contribution in [-0.2, 0) is 9.53 Å². The maximum absolute atomic E-state index is 11.9. The summed E-state index contributed by atoms with van der Waals surface area (Å²) in [6, 6.07) is 0.437. The number of nitrogens with one attached hydrogen (secondary N) is 1. The molecular weight excluding hydrogens is 180 g/mol. The Morgan fingerprint density at radius 1 is 1.57 bits per heavy atom. The molecule has 1 N–H and O–H groups in total. The summed E-state index contributed by atoms with van der Waals surface area (Å²) >= 11 is 0. The Morgan fingerprint density at radius 3 is 2.64 bits per heavy atom. The van der Waals surface area contributed by atoms with E-state index in [1.165, 1.54) is 0 Å². The second kappa shape index (κ2) is 4.28. The molecule has 0 aliphatic carbocycles. The number of amides is 1. The monoisotopic (exact) mass is 200 g/mol. The van der Waals surface area contributed by atoms with Crippen LogP contribution in [0, 0.1) is 0 Å². The lowest BCUT2D eigenvalue weighted by Gasteiger charge is -2.27. The highest BCUT2D eigenvalue weighted by Crippen LogP contribution is 2.17. The lowest BCUT2D eigenvalue weighted by atomic mass is 10.1. The van der Waals surface area contributed by atoms with Crippen molar-refractivity contribution in [1.82, 2.24) is 10.2 Å². The molecule has 1 aliphatic heterocycles. The molecule has 0 radical (unpaired) electrons. The molecule has 1 atom stereocenters. The molecule has 1 heterocycles. The molecule has 1 fully saturated rings. The van der Waals surface area contributed by atoms with E-state index in [0.29, 0.717) is 6.04 Å². The van der Waals surface area contributed by atoms with E-state index in [2.05, 4.69) is 5.32 Å². The zero-order chi connectivity index (χ0) is 10.8. The van der Waals surface area contributed by atoms with E-state index < -0.39 is 5.60 Å². The molecular formula is C10H20N2O2. The minimum absolute atomic E-state index is 0.0813. The fourth-order valence-electron chi connectivity index (χ4n) is 1.65. The fraction of sp³-hybridized carbons (Fsp3) is 0.900. The van der Waals surface area contributed by atoms with Gasteiger partial charge >= 0.3 is 0 Å². The summed E-state index contributed by atoms with van der Waals surface area (Å²) in [6.07, 6.45) is 1.03. The number of hydrogen-bond acceptors (Lipinski definition) is 3. The first-order chi connectivity index (χ1) is 6.51. The number of methoxy groups -OCH3 is 1. The number of rotatable bonds is 3. The minimum Gasteiger partial charge on any atom is -0.369 e. The van der Waals surface area contributed by atoms with Crippen molar-refractivity contribution in [3.63, 3.8) is 0 Å². The van der Waals surface area contributed by atoms with Crippen LogP contribution >= 0.6 is 0 Å². The largest absolute Gasteiger partial charge is 0.369 e. The van der Waals surface area contributed by atoms with E-state index >= 15 is 0 Å². The van der Waals surface area contributed by atoms with Crippen molar-refractivity contribution in [2.24, 2.45) is 0 Å². The third-order valence-corrected chi connectivity index (χ3v) is 2.91. The molecule has 0 bridgehead atoms. The van der Waals surface area contributed by atoms with E-state index in [1.54, 1.807) is 7.11 Å². The summed E-state index contributed by atoms with van der Waals surface area (Å²) < 4.78 is 5.17. The van der Waals surface area contributed by atoms with Crippen LogP contribution in [0.3, 0.4) is 0 Å². The number of carbonyl (C=O) groups is 1. The molecule has 1 amide bonds. The van der Waals surface area contributed by atoms with Gasteiger partial charge in [-0.1, -0.05) is 0 Å². The first kappa shape index (κ1) is 11.5. The Kier molecular flexibility index (Phi) is 3.50. The Bertz CT molecular complexity index is 216. The molecule has 14 heavy (non-hydrogen) atoms. The Morgan fingerprint density at radius 2 is 2.21 bits per heavy atom.